The van der Waals surface area contributed by atoms with Crippen molar-refractivity contribution in [2.24, 2.45) is 4.40 Å². The normalized spacial score (nSPS) is 18.4. The molecule has 2 aromatic rings. The van der Waals surface area contributed by atoms with Crippen LogP contribution >= 0.6 is 0 Å². The molecule has 0 bridgehead atoms. The number of rotatable bonds is 2. The third-order valence-corrected chi connectivity index (χ3v) is 6.61. The first-order valence-electron chi connectivity index (χ1n) is 9.45. The molecule has 1 aromatic heterocycles. The van der Waals surface area contributed by atoms with Crippen LogP contribution in [0.15, 0.2) is 21.3 Å². The molecule has 6 heteroatoms. The summed E-state index contributed by atoms with van der Waals surface area (Å²) in [4.78, 5) is 18.1. The molecule has 0 spiro atoms. The highest BCUT2D eigenvalue weighted by molar-refractivity contribution is 7.91. The molecule has 0 aliphatic carbocycles. The minimum atomic E-state index is -1.36. The Bertz CT molecular complexity index is 984. The molecule has 5 nitrogen and oxygen atoms in total. The molecule has 0 saturated carbocycles. The van der Waals surface area contributed by atoms with Crippen LogP contribution in [-0.2, 0) is 23.3 Å². The molecule has 1 aliphatic rings. The molecule has 2 heterocycles. The Kier molecular flexibility index (Phi) is 5.02. The van der Waals surface area contributed by atoms with Crippen molar-refractivity contribution in [1.82, 2.24) is 9.55 Å². The zero-order valence-corrected chi connectivity index (χ0v) is 18.2. The highest BCUT2D eigenvalue weighted by Crippen LogP contribution is 2.32. The zero-order valence-electron chi connectivity index (χ0n) is 17.3. The summed E-state index contributed by atoms with van der Waals surface area (Å²) in [6, 6.07) is 3.89. The Morgan fingerprint density at radius 1 is 1.33 bits per heavy atom. The summed E-state index contributed by atoms with van der Waals surface area (Å²) in [7, 11) is 0. The molecule has 27 heavy (non-hydrogen) atoms. The van der Waals surface area contributed by atoms with Gasteiger partial charge in [-0.25, -0.2) is 4.98 Å². The molecular formula is C21H29N3O2S. The van der Waals surface area contributed by atoms with Crippen LogP contribution in [0.5, 0.6) is 0 Å². The Morgan fingerprint density at radius 3 is 2.63 bits per heavy atom. The van der Waals surface area contributed by atoms with Crippen LogP contribution in [0.2, 0.25) is 0 Å². The average Bonchev–Trinajstić information content (AvgIpc) is 2.54. The molecule has 0 amide bonds. The van der Waals surface area contributed by atoms with Crippen LogP contribution in [0.4, 0.5) is 0 Å². The number of aromatic nitrogens is 2. The molecule has 0 N–H and O–H groups in total. The summed E-state index contributed by atoms with van der Waals surface area (Å²) in [6.45, 7) is 14.5. The van der Waals surface area contributed by atoms with E-state index in [0.29, 0.717) is 23.2 Å². The van der Waals surface area contributed by atoms with Gasteiger partial charge in [0, 0.05) is 17.5 Å². The van der Waals surface area contributed by atoms with E-state index in [0.717, 1.165) is 29.8 Å². The zero-order chi connectivity index (χ0) is 20.1. The lowest BCUT2D eigenvalue weighted by molar-refractivity contribution is 0.341. The third-order valence-electron chi connectivity index (χ3n) is 5.13. The number of nitrogens with zero attached hydrogens (tertiary/aromatic N) is 3. The SMILES string of the molecule is CC(=N[S+]([O-])C(C)(C)C)c1cc(C)cc2c(=O)n3c(nc12)C(C)(C)CCC3. The van der Waals surface area contributed by atoms with E-state index < -0.39 is 16.1 Å². The second kappa shape index (κ2) is 6.74. The maximum atomic E-state index is 13.2. The van der Waals surface area contributed by atoms with Crippen molar-refractivity contribution in [1.29, 1.82) is 0 Å². The van der Waals surface area contributed by atoms with Gasteiger partial charge in [-0.05, 0) is 65.2 Å². The lowest BCUT2D eigenvalue weighted by Gasteiger charge is -2.32. The molecular weight excluding hydrogens is 358 g/mol. The standard InChI is InChI=1S/C21H29N3O2S/c1-13-11-15(14(2)23-27(26)20(3,4)5)17-16(12-13)18(25)24-10-8-9-21(6,7)19(24)22-17/h11-12H,8-10H2,1-7H3. The van der Waals surface area contributed by atoms with Gasteiger partial charge in [-0.15, -0.1) is 0 Å². The number of aryl methyl sites for hydroxylation is 1. The molecule has 0 radical (unpaired) electrons. The third kappa shape index (κ3) is 3.69. The number of fused-ring (bicyclic) bond motifs is 2. The highest BCUT2D eigenvalue weighted by Gasteiger charge is 2.32. The van der Waals surface area contributed by atoms with Crippen LogP contribution in [0, 0.1) is 6.92 Å². The lowest BCUT2D eigenvalue weighted by atomic mass is 9.84. The van der Waals surface area contributed by atoms with Crippen molar-refractivity contribution in [2.45, 2.75) is 78.0 Å². The quantitative estimate of drug-likeness (QED) is 0.576. The van der Waals surface area contributed by atoms with Crippen molar-refractivity contribution in [2.75, 3.05) is 0 Å². The van der Waals surface area contributed by atoms with E-state index in [1.165, 1.54) is 0 Å². The summed E-state index contributed by atoms with van der Waals surface area (Å²) in [6.07, 6.45) is 1.99. The monoisotopic (exact) mass is 387 g/mol. The molecule has 1 aliphatic heterocycles. The second-order valence-electron chi connectivity index (χ2n) is 9.13. The fourth-order valence-electron chi connectivity index (χ4n) is 3.57. The van der Waals surface area contributed by atoms with E-state index in [2.05, 4.69) is 18.2 Å². The van der Waals surface area contributed by atoms with Crippen molar-refractivity contribution in [3.63, 3.8) is 0 Å². The van der Waals surface area contributed by atoms with Crippen molar-refractivity contribution < 1.29 is 4.55 Å². The topological polar surface area (TPSA) is 70.3 Å². The molecule has 3 rings (SSSR count). The predicted molar refractivity (Wildman–Crippen MR) is 113 cm³/mol. The van der Waals surface area contributed by atoms with E-state index in [1.807, 2.05) is 51.3 Å². The average molecular weight is 388 g/mol. The first kappa shape index (κ1) is 20.1. The smallest absolute Gasteiger partial charge is 0.261 e. The van der Waals surface area contributed by atoms with Crippen LogP contribution in [0.25, 0.3) is 10.9 Å². The number of benzene rings is 1. The Labute approximate surface area is 164 Å². The van der Waals surface area contributed by atoms with Crippen LogP contribution in [0.1, 0.15) is 71.3 Å². The van der Waals surface area contributed by atoms with Gasteiger partial charge in [0.15, 0.2) is 0 Å². The molecule has 146 valence electrons. The van der Waals surface area contributed by atoms with Gasteiger partial charge >= 0.3 is 0 Å². The van der Waals surface area contributed by atoms with E-state index in [1.54, 1.807) is 0 Å². The molecule has 0 saturated heterocycles. The highest BCUT2D eigenvalue weighted by atomic mass is 32.2. The first-order chi connectivity index (χ1) is 12.4. The van der Waals surface area contributed by atoms with Gasteiger partial charge in [-0.2, -0.15) is 0 Å². The van der Waals surface area contributed by atoms with Gasteiger partial charge in [0.25, 0.3) is 5.56 Å². The van der Waals surface area contributed by atoms with Gasteiger partial charge in [0.05, 0.1) is 16.6 Å². The molecule has 0 fully saturated rings. The predicted octanol–water partition coefficient (Wildman–Crippen LogP) is 4.05. The maximum absolute atomic E-state index is 13.2. The minimum Gasteiger partial charge on any atom is -0.591 e. The first-order valence-corrected chi connectivity index (χ1v) is 10.6. The van der Waals surface area contributed by atoms with Crippen molar-refractivity contribution in [3.8, 4) is 0 Å². The Hall–Kier alpha value is -1.66. The van der Waals surface area contributed by atoms with Gasteiger partial charge in [-0.1, -0.05) is 18.2 Å². The summed E-state index contributed by atoms with van der Waals surface area (Å²) < 4.78 is 18.3. The Balaban J connectivity index is 2.30. The van der Waals surface area contributed by atoms with Crippen LogP contribution in [0.3, 0.4) is 0 Å². The minimum absolute atomic E-state index is 0.0115. The number of hydrogen-bond donors (Lipinski definition) is 0. The van der Waals surface area contributed by atoms with E-state index >= 15 is 0 Å². The van der Waals surface area contributed by atoms with Crippen molar-refractivity contribution in [3.05, 3.63) is 39.4 Å². The van der Waals surface area contributed by atoms with E-state index in [9.17, 15) is 9.35 Å². The fourth-order valence-corrected chi connectivity index (χ4v) is 4.19. The van der Waals surface area contributed by atoms with Gasteiger partial charge in [-0.3, -0.25) is 9.36 Å². The summed E-state index contributed by atoms with van der Waals surface area (Å²) in [5.74, 6) is 0.834. The van der Waals surface area contributed by atoms with Gasteiger partial charge in [0.2, 0.25) is 0 Å². The van der Waals surface area contributed by atoms with E-state index in [-0.39, 0.29) is 11.0 Å². The van der Waals surface area contributed by atoms with Gasteiger partial charge in [0.1, 0.15) is 21.9 Å². The number of hydrogen-bond acceptors (Lipinski definition) is 4. The largest absolute Gasteiger partial charge is 0.591 e. The van der Waals surface area contributed by atoms with Crippen LogP contribution in [-0.4, -0.2) is 24.6 Å². The fraction of sp³-hybridized carbons (Fsp3) is 0.571. The maximum Gasteiger partial charge on any atom is 0.261 e. The summed E-state index contributed by atoms with van der Waals surface area (Å²) in [5.41, 5.74) is 2.96. The molecule has 1 aromatic carbocycles. The van der Waals surface area contributed by atoms with Gasteiger partial charge < -0.3 is 4.55 Å². The Morgan fingerprint density at radius 2 is 2.00 bits per heavy atom. The summed E-state index contributed by atoms with van der Waals surface area (Å²) in [5, 5.41) is 0.613. The second-order valence-corrected chi connectivity index (χ2v) is 11.0. The van der Waals surface area contributed by atoms with E-state index in [4.69, 9.17) is 4.98 Å². The summed E-state index contributed by atoms with van der Waals surface area (Å²) >= 11 is -1.36. The molecule has 1 unspecified atom stereocenters. The lowest BCUT2D eigenvalue weighted by Crippen LogP contribution is -2.37. The molecule has 1 atom stereocenters. The van der Waals surface area contributed by atoms with Crippen molar-refractivity contribution >= 4 is 28.0 Å². The van der Waals surface area contributed by atoms with Crippen LogP contribution < -0.4 is 5.56 Å².